The summed E-state index contributed by atoms with van der Waals surface area (Å²) in [6.45, 7) is 0.769. The molecule has 0 spiro atoms. The van der Waals surface area contributed by atoms with Crippen LogP contribution in [0.4, 0.5) is 4.39 Å². The van der Waals surface area contributed by atoms with Crippen LogP contribution in [0.5, 0.6) is 0 Å². The van der Waals surface area contributed by atoms with Gasteiger partial charge >= 0.3 is 0 Å². The molecule has 0 heterocycles. The molecule has 2 atom stereocenters. The first-order valence-electron chi connectivity index (χ1n) is 6.25. The van der Waals surface area contributed by atoms with Crippen molar-refractivity contribution in [2.45, 2.75) is 43.6 Å². The van der Waals surface area contributed by atoms with Crippen LogP contribution in [0.25, 0.3) is 0 Å². The molecule has 17 heavy (non-hydrogen) atoms. The zero-order valence-corrected chi connectivity index (χ0v) is 11.0. The van der Waals surface area contributed by atoms with Crippen LogP contribution in [0.1, 0.15) is 31.2 Å². The molecular weight excluding hydrogens is 237 g/mol. The Labute approximate surface area is 108 Å². The van der Waals surface area contributed by atoms with Crippen molar-refractivity contribution >= 4 is 11.6 Å². The third-order valence-electron chi connectivity index (χ3n) is 3.53. The van der Waals surface area contributed by atoms with Gasteiger partial charge in [0.25, 0.3) is 0 Å². The molecule has 0 radical (unpaired) electrons. The highest BCUT2D eigenvalue weighted by atomic mass is 35.5. The number of halogens is 2. The fourth-order valence-electron chi connectivity index (χ4n) is 2.60. The monoisotopic (exact) mass is 255 g/mol. The number of benzene rings is 1. The van der Waals surface area contributed by atoms with E-state index in [-0.39, 0.29) is 11.2 Å². The molecule has 3 heteroatoms. The minimum absolute atomic E-state index is 0.165. The van der Waals surface area contributed by atoms with Gasteiger partial charge in [0, 0.05) is 18.0 Å². The van der Waals surface area contributed by atoms with Crippen LogP contribution in [0.3, 0.4) is 0 Å². The zero-order valence-electron chi connectivity index (χ0n) is 10.2. The van der Waals surface area contributed by atoms with Gasteiger partial charge in [0.05, 0.1) is 0 Å². The second kappa shape index (κ2) is 5.83. The molecule has 1 saturated carbocycles. The van der Waals surface area contributed by atoms with E-state index < -0.39 is 0 Å². The van der Waals surface area contributed by atoms with E-state index in [1.807, 2.05) is 6.07 Å². The number of rotatable bonds is 3. The molecular formula is C14H19ClFN. The summed E-state index contributed by atoms with van der Waals surface area (Å²) in [7, 11) is 2.08. The molecule has 1 aliphatic rings. The van der Waals surface area contributed by atoms with Gasteiger partial charge in [-0.3, -0.25) is 4.90 Å². The Morgan fingerprint density at radius 1 is 1.35 bits per heavy atom. The summed E-state index contributed by atoms with van der Waals surface area (Å²) in [5, 5.41) is 0.238. The maximum absolute atomic E-state index is 13.1. The van der Waals surface area contributed by atoms with Crippen molar-refractivity contribution in [1.82, 2.24) is 4.90 Å². The number of nitrogens with zero attached hydrogens (tertiary/aromatic N) is 1. The minimum atomic E-state index is -0.165. The summed E-state index contributed by atoms with van der Waals surface area (Å²) >= 11 is 6.36. The molecule has 94 valence electrons. The fourth-order valence-corrected chi connectivity index (χ4v) is 3.08. The van der Waals surface area contributed by atoms with E-state index in [0.717, 1.165) is 24.9 Å². The highest BCUT2D eigenvalue weighted by Crippen LogP contribution is 2.27. The highest BCUT2D eigenvalue weighted by molar-refractivity contribution is 6.21. The first-order valence-corrected chi connectivity index (χ1v) is 6.69. The van der Waals surface area contributed by atoms with Crippen LogP contribution in [0, 0.1) is 5.82 Å². The third kappa shape index (κ3) is 3.43. The quantitative estimate of drug-likeness (QED) is 0.743. The third-order valence-corrected chi connectivity index (χ3v) is 4.04. The molecule has 1 aliphatic carbocycles. The Morgan fingerprint density at radius 2 is 2.12 bits per heavy atom. The SMILES string of the molecule is CN(Cc1cccc(F)c1)C1CCCCC1Cl. The van der Waals surface area contributed by atoms with Crippen LogP contribution < -0.4 is 0 Å². The van der Waals surface area contributed by atoms with E-state index in [9.17, 15) is 4.39 Å². The summed E-state index contributed by atoms with van der Waals surface area (Å²) in [5.41, 5.74) is 1.02. The Kier molecular flexibility index (Phi) is 4.41. The molecule has 1 fully saturated rings. The molecule has 0 N–H and O–H groups in total. The lowest BCUT2D eigenvalue weighted by Crippen LogP contribution is -2.40. The van der Waals surface area contributed by atoms with E-state index in [1.165, 1.54) is 18.9 Å². The normalized spacial score (nSPS) is 25.2. The van der Waals surface area contributed by atoms with Crippen molar-refractivity contribution in [2.75, 3.05) is 7.05 Å². The molecule has 0 aliphatic heterocycles. The zero-order chi connectivity index (χ0) is 12.3. The number of hydrogen-bond acceptors (Lipinski definition) is 1. The maximum Gasteiger partial charge on any atom is 0.123 e. The fraction of sp³-hybridized carbons (Fsp3) is 0.571. The van der Waals surface area contributed by atoms with Crippen LogP contribution in [-0.4, -0.2) is 23.4 Å². The Bertz CT molecular complexity index is 369. The molecule has 0 saturated heterocycles. The van der Waals surface area contributed by atoms with Gasteiger partial charge in [-0.25, -0.2) is 4.39 Å². The second-order valence-electron chi connectivity index (χ2n) is 4.91. The number of hydrogen-bond donors (Lipinski definition) is 0. The van der Waals surface area contributed by atoms with Crippen molar-refractivity contribution in [1.29, 1.82) is 0 Å². The van der Waals surface area contributed by atoms with E-state index >= 15 is 0 Å². The van der Waals surface area contributed by atoms with Gasteiger partial charge in [0.1, 0.15) is 5.82 Å². The predicted octanol–water partition coefficient (Wildman–Crippen LogP) is 3.81. The van der Waals surface area contributed by atoms with E-state index in [0.29, 0.717) is 6.04 Å². The Hall–Kier alpha value is -0.600. The van der Waals surface area contributed by atoms with Gasteiger partial charge in [-0.1, -0.05) is 25.0 Å². The standard InChI is InChI=1S/C14H19ClFN/c1-17(14-8-3-2-7-13(14)15)10-11-5-4-6-12(16)9-11/h4-6,9,13-14H,2-3,7-8,10H2,1H3. The molecule has 2 rings (SSSR count). The molecule has 0 amide bonds. The number of alkyl halides is 1. The summed E-state index contributed by atoms with van der Waals surface area (Å²) in [6.07, 6.45) is 4.74. The molecule has 2 unspecified atom stereocenters. The van der Waals surface area contributed by atoms with Crippen LogP contribution >= 0.6 is 11.6 Å². The topological polar surface area (TPSA) is 3.24 Å². The van der Waals surface area contributed by atoms with Crippen LogP contribution in [0.2, 0.25) is 0 Å². The van der Waals surface area contributed by atoms with E-state index in [1.54, 1.807) is 12.1 Å². The summed E-state index contributed by atoms with van der Waals surface area (Å²) in [6, 6.07) is 7.23. The predicted molar refractivity (Wildman–Crippen MR) is 69.8 cm³/mol. The Balaban J connectivity index is 1.98. The van der Waals surface area contributed by atoms with Gasteiger partial charge in [0.2, 0.25) is 0 Å². The van der Waals surface area contributed by atoms with E-state index in [2.05, 4.69) is 11.9 Å². The second-order valence-corrected chi connectivity index (χ2v) is 5.47. The van der Waals surface area contributed by atoms with E-state index in [4.69, 9.17) is 11.6 Å². The van der Waals surface area contributed by atoms with Gasteiger partial charge in [-0.05, 0) is 37.6 Å². The Morgan fingerprint density at radius 3 is 2.82 bits per heavy atom. The summed E-state index contributed by atoms with van der Waals surface area (Å²) < 4.78 is 13.1. The van der Waals surface area contributed by atoms with Gasteiger partial charge in [-0.2, -0.15) is 0 Å². The molecule has 1 nitrogen and oxygen atoms in total. The van der Waals surface area contributed by atoms with Gasteiger partial charge in [0.15, 0.2) is 0 Å². The van der Waals surface area contributed by atoms with Crippen molar-refractivity contribution in [3.05, 3.63) is 35.6 Å². The maximum atomic E-state index is 13.1. The van der Waals surface area contributed by atoms with Gasteiger partial charge < -0.3 is 0 Å². The summed E-state index contributed by atoms with van der Waals surface area (Å²) in [4.78, 5) is 2.26. The first kappa shape index (κ1) is 12.8. The smallest absolute Gasteiger partial charge is 0.123 e. The molecule has 0 aromatic heterocycles. The molecule has 1 aromatic rings. The lowest BCUT2D eigenvalue weighted by molar-refractivity contribution is 0.188. The minimum Gasteiger partial charge on any atom is -0.298 e. The molecule has 1 aromatic carbocycles. The van der Waals surface area contributed by atoms with Crippen LogP contribution in [-0.2, 0) is 6.54 Å². The lowest BCUT2D eigenvalue weighted by atomic mass is 9.93. The summed E-state index contributed by atoms with van der Waals surface area (Å²) in [5.74, 6) is -0.165. The first-order chi connectivity index (χ1) is 8.16. The van der Waals surface area contributed by atoms with Crippen molar-refractivity contribution in [3.63, 3.8) is 0 Å². The lowest BCUT2D eigenvalue weighted by Gasteiger charge is -2.35. The van der Waals surface area contributed by atoms with Crippen molar-refractivity contribution in [2.24, 2.45) is 0 Å². The average Bonchev–Trinajstić information content (AvgIpc) is 2.29. The van der Waals surface area contributed by atoms with Crippen LogP contribution in [0.15, 0.2) is 24.3 Å². The van der Waals surface area contributed by atoms with Crippen molar-refractivity contribution in [3.8, 4) is 0 Å². The van der Waals surface area contributed by atoms with Gasteiger partial charge in [-0.15, -0.1) is 11.6 Å². The molecule has 0 bridgehead atoms. The largest absolute Gasteiger partial charge is 0.298 e. The average molecular weight is 256 g/mol. The highest BCUT2D eigenvalue weighted by Gasteiger charge is 2.26. The van der Waals surface area contributed by atoms with Crippen molar-refractivity contribution < 1.29 is 4.39 Å².